The van der Waals surface area contributed by atoms with Crippen molar-refractivity contribution in [3.05, 3.63) is 101 Å². The first-order valence-electron chi connectivity index (χ1n) is 12.6. The van der Waals surface area contributed by atoms with E-state index in [4.69, 9.17) is 4.74 Å². The van der Waals surface area contributed by atoms with E-state index in [9.17, 15) is 9.59 Å². The Hall–Kier alpha value is -4.50. The Morgan fingerprint density at radius 1 is 1.00 bits per heavy atom. The summed E-state index contributed by atoms with van der Waals surface area (Å²) in [5.41, 5.74) is 4.65. The highest BCUT2D eigenvalue weighted by molar-refractivity contribution is 5.90. The molecule has 1 saturated heterocycles. The number of carbonyl (C=O) groups is 1. The van der Waals surface area contributed by atoms with Gasteiger partial charge >= 0.3 is 11.7 Å². The number of hydrogen-bond donors (Lipinski definition) is 0. The van der Waals surface area contributed by atoms with Crippen LogP contribution in [0.15, 0.2) is 84.0 Å². The molecule has 2 aromatic carbocycles. The van der Waals surface area contributed by atoms with Gasteiger partial charge in [0.25, 0.3) is 0 Å². The van der Waals surface area contributed by atoms with Gasteiger partial charge in [-0.3, -0.25) is 14.0 Å². The second-order valence-electron chi connectivity index (χ2n) is 9.58. The summed E-state index contributed by atoms with van der Waals surface area (Å²) >= 11 is 0. The van der Waals surface area contributed by atoms with Crippen LogP contribution in [-0.2, 0) is 18.3 Å². The number of benzene rings is 2. The highest BCUT2D eigenvalue weighted by Crippen LogP contribution is 2.27. The zero-order chi connectivity index (χ0) is 26.2. The van der Waals surface area contributed by atoms with Crippen molar-refractivity contribution in [3.63, 3.8) is 0 Å². The third-order valence-corrected chi connectivity index (χ3v) is 7.30. The first-order valence-corrected chi connectivity index (χ1v) is 12.6. The van der Waals surface area contributed by atoms with E-state index >= 15 is 0 Å². The summed E-state index contributed by atoms with van der Waals surface area (Å²) in [5, 5.41) is 0. The van der Waals surface area contributed by atoms with Crippen LogP contribution in [0.3, 0.4) is 0 Å². The lowest BCUT2D eigenvalue weighted by molar-refractivity contribution is 0.0600. The van der Waals surface area contributed by atoms with E-state index in [0.717, 1.165) is 54.2 Å². The Bertz CT molecular complexity index is 1660. The second-order valence-corrected chi connectivity index (χ2v) is 9.58. The van der Waals surface area contributed by atoms with Crippen molar-refractivity contribution in [3.8, 4) is 16.8 Å². The van der Waals surface area contributed by atoms with E-state index in [1.807, 2.05) is 77.1 Å². The van der Waals surface area contributed by atoms with Crippen molar-refractivity contribution in [2.45, 2.75) is 19.0 Å². The van der Waals surface area contributed by atoms with E-state index in [1.54, 1.807) is 22.9 Å². The highest BCUT2D eigenvalue weighted by atomic mass is 16.5. The number of esters is 1. The number of rotatable bonds is 6. The number of imidazole rings is 2. The number of hydrogen-bond acceptors (Lipinski definition) is 6. The number of nitrogens with zero attached hydrogens (tertiary/aromatic N) is 6. The van der Waals surface area contributed by atoms with Gasteiger partial charge in [0, 0.05) is 38.7 Å². The minimum absolute atomic E-state index is 0.0361. The van der Waals surface area contributed by atoms with Crippen LogP contribution < -0.4 is 5.69 Å². The molecule has 1 aliphatic rings. The number of aromatic nitrogens is 5. The third kappa shape index (κ3) is 4.20. The van der Waals surface area contributed by atoms with E-state index in [0.29, 0.717) is 11.2 Å². The molecule has 0 unspecified atom stereocenters. The van der Waals surface area contributed by atoms with Crippen LogP contribution in [0.4, 0.5) is 0 Å². The van der Waals surface area contributed by atoms with E-state index in [1.165, 1.54) is 7.11 Å². The van der Waals surface area contributed by atoms with E-state index in [-0.39, 0.29) is 17.7 Å². The maximum atomic E-state index is 13.8. The molecule has 0 amide bonds. The van der Waals surface area contributed by atoms with Crippen LogP contribution in [0, 0.1) is 0 Å². The van der Waals surface area contributed by atoms with Crippen molar-refractivity contribution in [2.75, 3.05) is 20.2 Å². The Morgan fingerprint density at radius 3 is 2.42 bits per heavy atom. The largest absolute Gasteiger partial charge is 0.465 e. The van der Waals surface area contributed by atoms with Crippen molar-refractivity contribution in [2.24, 2.45) is 7.05 Å². The summed E-state index contributed by atoms with van der Waals surface area (Å²) in [6, 6.07) is 19.0. The van der Waals surface area contributed by atoms with Crippen LogP contribution in [0.2, 0.25) is 0 Å². The molecule has 38 heavy (non-hydrogen) atoms. The number of aryl methyl sites for hydroxylation is 1. The number of carbonyl (C=O) groups excluding carboxylic acids is 1. The van der Waals surface area contributed by atoms with Gasteiger partial charge in [-0.15, -0.1) is 0 Å². The summed E-state index contributed by atoms with van der Waals surface area (Å²) in [4.78, 5) is 37.0. The van der Waals surface area contributed by atoms with Gasteiger partial charge in [0.1, 0.15) is 5.82 Å². The van der Waals surface area contributed by atoms with Gasteiger partial charge in [0.2, 0.25) is 0 Å². The molecular formula is C29H28N6O3. The molecule has 1 atom stereocenters. The Morgan fingerprint density at radius 2 is 1.74 bits per heavy atom. The first-order chi connectivity index (χ1) is 18.5. The molecule has 9 nitrogen and oxygen atoms in total. The summed E-state index contributed by atoms with van der Waals surface area (Å²) in [6.45, 7) is 2.42. The molecule has 1 fully saturated rings. The lowest BCUT2D eigenvalue weighted by Crippen LogP contribution is -2.29. The number of pyridine rings is 1. The summed E-state index contributed by atoms with van der Waals surface area (Å²) in [5.74, 6) is 0.650. The van der Waals surface area contributed by atoms with Crippen LogP contribution in [-0.4, -0.2) is 54.7 Å². The standard InChI is InChI=1S/C29H28N6O3/c1-32-17-15-30-26(32)19-33-16-13-24(18-33)35-27-25(4-3-14-31-27)34(29(35)37)23-11-9-21(10-12-23)20-5-7-22(8-6-20)28(36)38-2/h3-12,14-15,17,24H,13,16,18-19H2,1-2H3/t24-/m0/s1. The Kier molecular flexibility index (Phi) is 6.13. The average molecular weight is 509 g/mol. The SMILES string of the molecule is COC(=O)c1ccc(-c2ccc(-n3c(=O)n([C@H]4CCN(Cc5nccn5C)C4)c4ncccc43)cc2)cc1. The van der Waals surface area contributed by atoms with Crippen molar-refractivity contribution >= 4 is 17.1 Å². The van der Waals surface area contributed by atoms with Gasteiger partial charge in [-0.2, -0.15) is 0 Å². The maximum Gasteiger partial charge on any atom is 0.337 e. The Balaban J connectivity index is 1.30. The molecule has 0 bridgehead atoms. The molecule has 0 N–H and O–H groups in total. The molecule has 5 aromatic rings. The van der Waals surface area contributed by atoms with Crippen LogP contribution in [0.1, 0.15) is 28.6 Å². The molecule has 1 aliphatic heterocycles. The molecule has 6 rings (SSSR count). The number of fused-ring (bicyclic) bond motifs is 1. The molecule has 192 valence electrons. The molecule has 0 saturated carbocycles. The molecule has 9 heteroatoms. The summed E-state index contributed by atoms with van der Waals surface area (Å²) in [7, 11) is 3.37. The topological polar surface area (TPSA) is 87.2 Å². The number of methoxy groups -OCH3 is 1. The zero-order valence-corrected chi connectivity index (χ0v) is 21.3. The van der Waals surface area contributed by atoms with Gasteiger partial charge < -0.3 is 9.30 Å². The van der Waals surface area contributed by atoms with Crippen molar-refractivity contribution < 1.29 is 9.53 Å². The molecule has 0 aliphatic carbocycles. The smallest absolute Gasteiger partial charge is 0.337 e. The summed E-state index contributed by atoms with van der Waals surface area (Å²) in [6.07, 6.45) is 6.38. The van der Waals surface area contributed by atoms with Gasteiger partial charge in [0.05, 0.1) is 36.5 Å². The molecule has 3 aromatic heterocycles. The van der Waals surface area contributed by atoms with Crippen molar-refractivity contribution in [1.82, 2.24) is 28.6 Å². The minimum atomic E-state index is -0.363. The van der Waals surface area contributed by atoms with Gasteiger partial charge in [-0.05, 0) is 53.9 Å². The van der Waals surface area contributed by atoms with Gasteiger partial charge in [-0.1, -0.05) is 24.3 Å². The van der Waals surface area contributed by atoms with E-state index in [2.05, 4.69) is 14.9 Å². The fraction of sp³-hybridized carbons (Fsp3) is 0.241. The predicted molar refractivity (Wildman–Crippen MR) is 144 cm³/mol. The van der Waals surface area contributed by atoms with Crippen LogP contribution >= 0.6 is 0 Å². The van der Waals surface area contributed by atoms with Crippen LogP contribution in [0.25, 0.3) is 28.0 Å². The van der Waals surface area contributed by atoms with Gasteiger partial charge in [-0.25, -0.2) is 19.6 Å². The lowest BCUT2D eigenvalue weighted by atomic mass is 10.0. The predicted octanol–water partition coefficient (Wildman–Crippen LogP) is 3.82. The van der Waals surface area contributed by atoms with Gasteiger partial charge in [0.15, 0.2) is 5.65 Å². The number of ether oxygens (including phenoxy) is 1. The van der Waals surface area contributed by atoms with Crippen LogP contribution in [0.5, 0.6) is 0 Å². The monoisotopic (exact) mass is 508 g/mol. The fourth-order valence-electron chi connectivity index (χ4n) is 5.26. The number of likely N-dealkylation sites (tertiary alicyclic amines) is 1. The first kappa shape index (κ1) is 23.9. The fourth-order valence-corrected chi connectivity index (χ4v) is 5.26. The zero-order valence-electron chi connectivity index (χ0n) is 21.3. The molecule has 0 spiro atoms. The highest BCUT2D eigenvalue weighted by Gasteiger charge is 2.29. The van der Waals surface area contributed by atoms with Crippen molar-refractivity contribution in [1.29, 1.82) is 0 Å². The second kappa shape index (κ2) is 9.75. The molecule has 0 radical (unpaired) electrons. The molecule has 4 heterocycles. The lowest BCUT2D eigenvalue weighted by Gasteiger charge is -2.16. The summed E-state index contributed by atoms with van der Waals surface area (Å²) < 4.78 is 10.4. The average Bonchev–Trinajstić information content (AvgIpc) is 3.65. The minimum Gasteiger partial charge on any atom is -0.465 e. The quantitative estimate of drug-likeness (QED) is 0.324. The maximum absolute atomic E-state index is 13.8. The third-order valence-electron chi connectivity index (χ3n) is 7.30. The Labute approximate surface area is 219 Å². The molecular weight excluding hydrogens is 480 g/mol. The normalized spacial score (nSPS) is 15.8. The van der Waals surface area contributed by atoms with E-state index < -0.39 is 0 Å².